The molecule has 2 aromatic rings. The first kappa shape index (κ1) is 13.3. The number of ether oxygens (including phenoxy) is 2. The Hall–Kier alpha value is -2.69. The van der Waals surface area contributed by atoms with Crippen molar-refractivity contribution < 1.29 is 23.0 Å². The summed E-state index contributed by atoms with van der Waals surface area (Å²) in [6.07, 6.45) is 2.59. The molecule has 0 atom stereocenters. The third kappa shape index (κ3) is 2.63. The topological polar surface area (TPSA) is 35.5 Å². The van der Waals surface area contributed by atoms with E-state index < -0.39 is 23.0 Å². The highest BCUT2D eigenvalue weighted by Gasteiger charge is 2.15. The van der Waals surface area contributed by atoms with E-state index in [2.05, 4.69) is 0 Å². The normalized spacial score (nSPS) is 12.9. The first-order valence-electron chi connectivity index (χ1n) is 6.21. The highest BCUT2D eigenvalue weighted by Crippen LogP contribution is 2.32. The van der Waals surface area contributed by atoms with Gasteiger partial charge in [-0.2, -0.15) is 0 Å². The van der Waals surface area contributed by atoms with Gasteiger partial charge in [0.1, 0.15) is 11.6 Å². The number of hydrogen-bond acceptors (Lipinski definition) is 3. The van der Waals surface area contributed by atoms with E-state index in [1.54, 1.807) is 18.2 Å². The van der Waals surface area contributed by atoms with Gasteiger partial charge in [-0.1, -0.05) is 18.2 Å². The lowest BCUT2D eigenvalue weighted by Gasteiger charge is -2.00. The van der Waals surface area contributed by atoms with Gasteiger partial charge in [0, 0.05) is 0 Å². The Kier molecular flexibility index (Phi) is 3.39. The van der Waals surface area contributed by atoms with Gasteiger partial charge in [0.25, 0.3) is 0 Å². The average molecular weight is 288 g/mol. The highest BCUT2D eigenvalue weighted by atomic mass is 19.1. The van der Waals surface area contributed by atoms with Crippen LogP contribution in [0.1, 0.15) is 15.9 Å². The van der Waals surface area contributed by atoms with Crippen molar-refractivity contribution in [2.24, 2.45) is 0 Å². The van der Waals surface area contributed by atoms with Crippen LogP contribution < -0.4 is 9.47 Å². The van der Waals surface area contributed by atoms with Crippen molar-refractivity contribution in [1.29, 1.82) is 0 Å². The summed E-state index contributed by atoms with van der Waals surface area (Å²) in [4.78, 5) is 11.9. The Bertz CT molecular complexity index is 718. The quantitative estimate of drug-likeness (QED) is 0.639. The van der Waals surface area contributed by atoms with Crippen LogP contribution in [-0.2, 0) is 0 Å². The minimum Gasteiger partial charge on any atom is -0.454 e. The number of rotatable bonds is 3. The Balaban J connectivity index is 1.84. The second kappa shape index (κ2) is 5.36. The van der Waals surface area contributed by atoms with Crippen molar-refractivity contribution in [2.45, 2.75) is 0 Å². The van der Waals surface area contributed by atoms with Crippen LogP contribution in [0.4, 0.5) is 8.78 Å². The molecule has 0 fully saturated rings. The number of benzene rings is 2. The number of fused-ring (bicyclic) bond motifs is 1. The van der Waals surface area contributed by atoms with Crippen LogP contribution in [0.2, 0.25) is 0 Å². The van der Waals surface area contributed by atoms with Crippen LogP contribution in [0.5, 0.6) is 11.5 Å². The summed E-state index contributed by atoms with van der Waals surface area (Å²) in [5, 5.41) is 0. The highest BCUT2D eigenvalue weighted by molar-refractivity contribution is 6.07. The average Bonchev–Trinajstić information content (AvgIpc) is 2.92. The number of allylic oxidation sites excluding steroid dienone is 1. The zero-order chi connectivity index (χ0) is 14.8. The lowest BCUT2D eigenvalue weighted by molar-refractivity contribution is 0.104. The number of hydrogen-bond donors (Lipinski definition) is 0. The SMILES string of the molecule is O=C(C=Cc1ccc2c(c1)OCO2)c1c(F)cccc1F. The summed E-state index contributed by atoms with van der Waals surface area (Å²) in [5.74, 6) is -1.30. The van der Waals surface area contributed by atoms with Crippen LogP contribution in [-0.4, -0.2) is 12.6 Å². The molecule has 0 aromatic heterocycles. The van der Waals surface area contributed by atoms with Crippen LogP contribution in [0.3, 0.4) is 0 Å². The molecule has 0 spiro atoms. The first-order chi connectivity index (χ1) is 10.1. The Morgan fingerprint density at radius 2 is 1.76 bits per heavy atom. The molecule has 5 heteroatoms. The summed E-state index contributed by atoms with van der Waals surface area (Å²) in [6.45, 7) is 0.155. The monoisotopic (exact) mass is 288 g/mol. The lowest BCUT2D eigenvalue weighted by atomic mass is 10.1. The zero-order valence-electron chi connectivity index (χ0n) is 10.8. The van der Waals surface area contributed by atoms with Crippen molar-refractivity contribution in [3.05, 3.63) is 65.2 Å². The summed E-state index contributed by atoms with van der Waals surface area (Å²) >= 11 is 0. The van der Waals surface area contributed by atoms with Gasteiger partial charge in [-0.3, -0.25) is 4.79 Å². The summed E-state index contributed by atoms with van der Waals surface area (Å²) in [5.41, 5.74) is 0.110. The summed E-state index contributed by atoms with van der Waals surface area (Å²) < 4.78 is 37.3. The van der Waals surface area contributed by atoms with Gasteiger partial charge < -0.3 is 9.47 Å². The van der Waals surface area contributed by atoms with E-state index in [1.165, 1.54) is 12.1 Å². The minimum atomic E-state index is -0.879. The van der Waals surface area contributed by atoms with Crippen LogP contribution in [0.25, 0.3) is 6.08 Å². The standard InChI is InChI=1S/C16H10F2O3/c17-11-2-1-3-12(18)16(11)13(19)6-4-10-5-7-14-15(8-10)21-9-20-14/h1-8H,9H2. The molecule has 0 aliphatic carbocycles. The van der Waals surface area contributed by atoms with E-state index in [-0.39, 0.29) is 6.79 Å². The third-order valence-corrected chi connectivity index (χ3v) is 3.03. The number of carbonyl (C=O) groups excluding carboxylic acids is 1. The second-order valence-corrected chi connectivity index (χ2v) is 4.41. The smallest absolute Gasteiger partial charge is 0.231 e. The summed E-state index contributed by atoms with van der Waals surface area (Å²) in [7, 11) is 0. The van der Waals surface area contributed by atoms with Crippen molar-refractivity contribution in [2.75, 3.05) is 6.79 Å². The van der Waals surface area contributed by atoms with E-state index in [0.29, 0.717) is 17.1 Å². The fraction of sp³-hybridized carbons (Fsp3) is 0.0625. The van der Waals surface area contributed by atoms with Crippen LogP contribution >= 0.6 is 0 Å². The molecule has 0 radical (unpaired) electrons. The molecule has 0 saturated heterocycles. The van der Waals surface area contributed by atoms with Gasteiger partial charge in [0.2, 0.25) is 6.79 Å². The molecule has 21 heavy (non-hydrogen) atoms. The van der Waals surface area contributed by atoms with Gasteiger partial charge in [-0.05, 0) is 35.9 Å². The maximum Gasteiger partial charge on any atom is 0.231 e. The van der Waals surface area contributed by atoms with Crippen molar-refractivity contribution in [3.63, 3.8) is 0 Å². The maximum atomic E-state index is 13.5. The van der Waals surface area contributed by atoms with Crippen molar-refractivity contribution in [3.8, 4) is 11.5 Å². The molecule has 3 rings (SSSR count). The van der Waals surface area contributed by atoms with Crippen molar-refractivity contribution in [1.82, 2.24) is 0 Å². The predicted molar refractivity (Wildman–Crippen MR) is 72.3 cm³/mol. The Morgan fingerprint density at radius 1 is 1.05 bits per heavy atom. The number of carbonyl (C=O) groups is 1. The molecule has 106 valence electrons. The number of ketones is 1. The largest absolute Gasteiger partial charge is 0.454 e. The molecular formula is C16H10F2O3. The van der Waals surface area contributed by atoms with Crippen molar-refractivity contribution >= 4 is 11.9 Å². The van der Waals surface area contributed by atoms with Gasteiger partial charge in [-0.15, -0.1) is 0 Å². The van der Waals surface area contributed by atoms with E-state index in [0.717, 1.165) is 18.2 Å². The van der Waals surface area contributed by atoms with Gasteiger partial charge in [0.15, 0.2) is 17.3 Å². The molecule has 1 aliphatic rings. The zero-order valence-corrected chi connectivity index (χ0v) is 10.8. The molecule has 0 saturated carbocycles. The lowest BCUT2D eigenvalue weighted by Crippen LogP contribution is -2.02. The maximum absolute atomic E-state index is 13.5. The summed E-state index contributed by atoms with van der Waals surface area (Å²) in [6, 6.07) is 8.41. The minimum absolute atomic E-state index is 0.155. The van der Waals surface area contributed by atoms with Crippen LogP contribution in [0.15, 0.2) is 42.5 Å². The molecule has 0 amide bonds. The van der Waals surface area contributed by atoms with Gasteiger partial charge in [-0.25, -0.2) is 8.78 Å². The third-order valence-electron chi connectivity index (χ3n) is 3.03. The predicted octanol–water partition coefficient (Wildman–Crippen LogP) is 3.59. The Labute approximate surface area is 119 Å². The van der Waals surface area contributed by atoms with E-state index in [4.69, 9.17) is 9.47 Å². The molecular weight excluding hydrogens is 278 g/mol. The van der Waals surface area contributed by atoms with E-state index in [1.807, 2.05) is 0 Å². The van der Waals surface area contributed by atoms with Crippen LogP contribution in [0, 0.1) is 11.6 Å². The molecule has 1 heterocycles. The van der Waals surface area contributed by atoms with E-state index >= 15 is 0 Å². The molecule has 3 nitrogen and oxygen atoms in total. The molecule has 2 aromatic carbocycles. The molecule has 0 bridgehead atoms. The molecule has 0 unspecified atom stereocenters. The molecule has 1 aliphatic heterocycles. The fourth-order valence-electron chi connectivity index (χ4n) is 2.01. The second-order valence-electron chi connectivity index (χ2n) is 4.41. The molecule has 0 N–H and O–H groups in total. The fourth-order valence-corrected chi connectivity index (χ4v) is 2.01. The van der Waals surface area contributed by atoms with Gasteiger partial charge >= 0.3 is 0 Å². The van der Waals surface area contributed by atoms with Gasteiger partial charge in [0.05, 0.1) is 5.56 Å². The Morgan fingerprint density at radius 3 is 2.52 bits per heavy atom. The van der Waals surface area contributed by atoms with E-state index in [9.17, 15) is 13.6 Å². The first-order valence-corrected chi connectivity index (χ1v) is 6.21. The number of halogens is 2.